The minimum Gasteiger partial charge on any atom is -0.354 e. The average Bonchev–Trinajstić information content (AvgIpc) is 3.41. The van der Waals surface area contributed by atoms with E-state index in [9.17, 15) is 13.2 Å². The molecule has 1 fully saturated rings. The van der Waals surface area contributed by atoms with Gasteiger partial charge in [-0.15, -0.1) is 0 Å². The standard InChI is InChI=1S/C22H21F3N6O/c1-29-13-16(17-4-2-3-5-18(17)29)14-30-8-10-31(11-9-30)19-7-6-15(12-26-19)20-27-21(32-28-20)22(23,24)25/h2-7,12-13H,8-11,14H2,1H3. The van der Waals surface area contributed by atoms with Crippen LogP contribution in [0.4, 0.5) is 19.0 Å². The van der Waals surface area contributed by atoms with Gasteiger partial charge in [-0.2, -0.15) is 18.2 Å². The molecule has 5 rings (SSSR count). The highest BCUT2D eigenvalue weighted by atomic mass is 19.4. The maximum atomic E-state index is 12.6. The Labute approximate surface area is 182 Å². The summed E-state index contributed by atoms with van der Waals surface area (Å²) in [7, 11) is 2.07. The molecule has 32 heavy (non-hydrogen) atoms. The van der Waals surface area contributed by atoms with Crippen molar-refractivity contribution in [2.24, 2.45) is 7.05 Å². The molecule has 10 heteroatoms. The second-order valence-corrected chi connectivity index (χ2v) is 7.87. The van der Waals surface area contributed by atoms with Crippen LogP contribution in [0.25, 0.3) is 22.3 Å². The van der Waals surface area contributed by atoms with Gasteiger partial charge in [0.2, 0.25) is 5.82 Å². The largest absolute Gasteiger partial charge is 0.471 e. The third-order valence-electron chi connectivity index (χ3n) is 5.74. The zero-order chi connectivity index (χ0) is 22.3. The number of rotatable bonds is 4. The van der Waals surface area contributed by atoms with Gasteiger partial charge in [0.1, 0.15) is 5.82 Å². The summed E-state index contributed by atoms with van der Waals surface area (Å²) in [6, 6.07) is 11.8. The van der Waals surface area contributed by atoms with Gasteiger partial charge in [0.15, 0.2) is 0 Å². The Morgan fingerprint density at radius 2 is 1.81 bits per heavy atom. The van der Waals surface area contributed by atoms with Gasteiger partial charge in [-0.25, -0.2) is 4.98 Å². The maximum absolute atomic E-state index is 12.6. The van der Waals surface area contributed by atoms with E-state index in [1.54, 1.807) is 12.1 Å². The molecule has 0 unspecified atom stereocenters. The Hall–Kier alpha value is -3.40. The van der Waals surface area contributed by atoms with Crippen molar-refractivity contribution in [2.45, 2.75) is 12.7 Å². The number of alkyl halides is 3. The van der Waals surface area contributed by atoms with Crippen molar-refractivity contribution >= 4 is 16.7 Å². The van der Waals surface area contributed by atoms with Crippen LogP contribution in [0.3, 0.4) is 0 Å². The van der Waals surface area contributed by atoms with Crippen molar-refractivity contribution in [1.82, 2.24) is 24.6 Å². The molecule has 4 aromatic rings. The monoisotopic (exact) mass is 442 g/mol. The van der Waals surface area contributed by atoms with Crippen molar-refractivity contribution in [3.8, 4) is 11.4 Å². The van der Waals surface area contributed by atoms with Crippen LogP contribution in [0.5, 0.6) is 0 Å². The lowest BCUT2D eigenvalue weighted by molar-refractivity contribution is -0.159. The molecule has 0 atom stereocenters. The van der Waals surface area contributed by atoms with Gasteiger partial charge < -0.3 is 14.0 Å². The van der Waals surface area contributed by atoms with Crippen LogP contribution in [0, 0.1) is 0 Å². The Kier molecular flexibility index (Phi) is 5.09. The average molecular weight is 442 g/mol. The molecule has 0 amide bonds. The zero-order valence-electron chi connectivity index (χ0n) is 17.4. The first-order chi connectivity index (χ1) is 15.4. The third-order valence-corrected chi connectivity index (χ3v) is 5.74. The molecule has 1 aromatic carbocycles. The summed E-state index contributed by atoms with van der Waals surface area (Å²) in [5.41, 5.74) is 2.93. The molecular formula is C22H21F3N6O. The highest BCUT2D eigenvalue weighted by Gasteiger charge is 2.38. The van der Waals surface area contributed by atoms with Crippen LogP contribution >= 0.6 is 0 Å². The molecule has 0 N–H and O–H groups in total. The summed E-state index contributed by atoms with van der Waals surface area (Å²) in [4.78, 5) is 12.4. The fourth-order valence-corrected chi connectivity index (χ4v) is 4.09. The Morgan fingerprint density at radius 3 is 2.50 bits per heavy atom. The molecular weight excluding hydrogens is 421 g/mol. The van der Waals surface area contributed by atoms with E-state index >= 15 is 0 Å². The lowest BCUT2D eigenvalue weighted by Crippen LogP contribution is -2.46. The van der Waals surface area contributed by atoms with Crippen LogP contribution < -0.4 is 4.90 Å². The molecule has 0 spiro atoms. The van der Waals surface area contributed by atoms with Gasteiger partial charge in [-0.1, -0.05) is 23.4 Å². The number of piperazine rings is 1. The minimum absolute atomic E-state index is 0.128. The highest BCUT2D eigenvalue weighted by Crippen LogP contribution is 2.29. The minimum atomic E-state index is -4.66. The summed E-state index contributed by atoms with van der Waals surface area (Å²) >= 11 is 0. The van der Waals surface area contributed by atoms with Gasteiger partial charge in [-0.05, 0) is 23.8 Å². The SMILES string of the molecule is Cn1cc(CN2CCN(c3ccc(-c4noc(C(F)(F)F)n4)cn3)CC2)c2ccccc21. The summed E-state index contributed by atoms with van der Waals surface area (Å²) in [5, 5.41) is 4.68. The van der Waals surface area contributed by atoms with E-state index in [1.165, 1.54) is 22.7 Å². The molecule has 166 valence electrons. The second kappa shape index (κ2) is 7.94. The van der Waals surface area contributed by atoms with E-state index < -0.39 is 12.1 Å². The molecule has 0 bridgehead atoms. The molecule has 0 saturated carbocycles. The number of nitrogens with zero attached hydrogens (tertiary/aromatic N) is 6. The number of anilines is 1. The first-order valence-corrected chi connectivity index (χ1v) is 10.3. The predicted octanol–water partition coefficient (Wildman–Crippen LogP) is 3.96. The molecule has 0 aliphatic carbocycles. The van der Waals surface area contributed by atoms with Crippen molar-refractivity contribution in [2.75, 3.05) is 31.1 Å². The van der Waals surface area contributed by atoms with Gasteiger partial charge in [-0.3, -0.25) is 4.90 Å². The number of halogens is 3. The number of benzene rings is 1. The van der Waals surface area contributed by atoms with Crippen molar-refractivity contribution in [3.63, 3.8) is 0 Å². The number of hydrogen-bond acceptors (Lipinski definition) is 6. The van der Waals surface area contributed by atoms with E-state index in [1.807, 2.05) is 0 Å². The topological polar surface area (TPSA) is 63.2 Å². The van der Waals surface area contributed by atoms with Crippen LogP contribution in [0.2, 0.25) is 0 Å². The zero-order valence-corrected chi connectivity index (χ0v) is 17.4. The van der Waals surface area contributed by atoms with E-state index in [0.29, 0.717) is 5.56 Å². The molecule has 4 heterocycles. The first-order valence-electron chi connectivity index (χ1n) is 10.3. The summed E-state index contributed by atoms with van der Waals surface area (Å²) in [6.45, 7) is 4.31. The van der Waals surface area contributed by atoms with Crippen molar-refractivity contribution < 1.29 is 17.7 Å². The van der Waals surface area contributed by atoms with E-state index in [-0.39, 0.29) is 5.82 Å². The fraction of sp³-hybridized carbons (Fsp3) is 0.318. The van der Waals surface area contributed by atoms with Crippen molar-refractivity contribution in [1.29, 1.82) is 0 Å². The molecule has 1 aliphatic rings. The summed E-state index contributed by atoms with van der Waals surface area (Å²) in [5.74, 6) is -0.715. The molecule has 1 saturated heterocycles. The lowest BCUT2D eigenvalue weighted by atomic mass is 10.1. The quantitative estimate of drug-likeness (QED) is 0.477. The predicted molar refractivity (Wildman–Crippen MR) is 113 cm³/mol. The Bertz CT molecular complexity index is 1220. The number of aryl methyl sites for hydroxylation is 1. The number of aromatic nitrogens is 4. The summed E-state index contributed by atoms with van der Waals surface area (Å²) < 4.78 is 44.4. The van der Waals surface area contributed by atoms with Gasteiger partial charge in [0.05, 0.1) is 0 Å². The first kappa shape index (κ1) is 20.5. The number of fused-ring (bicyclic) bond motifs is 1. The van der Waals surface area contributed by atoms with Crippen LogP contribution in [-0.2, 0) is 19.8 Å². The highest BCUT2D eigenvalue weighted by molar-refractivity contribution is 5.83. The number of pyridine rings is 1. The molecule has 7 nitrogen and oxygen atoms in total. The van der Waals surface area contributed by atoms with E-state index in [4.69, 9.17) is 0 Å². The molecule has 0 radical (unpaired) electrons. The van der Waals surface area contributed by atoms with Crippen LogP contribution in [0.1, 0.15) is 11.5 Å². The van der Waals surface area contributed by atoms with Gasteiger partial charge >= 0.3 is 12.1 Å². The van der Waals surface area contributed by atoms with Crippen LogP contribution in [-0.4, -0.2) is 50.8 Å². The van der Waals surface area contributed by atoms with Crippen molar-refractivity contribution in [3.05, 3.63) is 60.2 Å². The number of hydrogen-bond donors (Lipinski definition) is 0. The van der Waals surface area contributed by atoms with Gasteiger partial charge in [0.25, 0.3) is 0 Å². The fourth-order valence-electron chi connectivity index (χ4n) is 4.09. The lowest BCUT2D eigenvalue weighted by Gasteiger charge is -2.35. The van der Waals surface area contributed by atoms with E-state index in [0.717, 1.165) is 38.5 Å². The smallest absolute Gasteiger partial charge is 0.354 e. The maximum Gasteiger partial charge on any atom is 0.471 e. The molecule has 1 aliphatic heterocycles. The van der Waals surface area contributed by atoms with E-state index in [2.05, 4.69) is 71.5 Å². The molecule has 3 aromatic heterocycles. The Morgan fingerprint density at radius 1 is 1.03 bits per heavy atom. The van der Waals surface area contributed by atoms with Crippen LogP contribution in [0.15, 0.2) is 53.3 Å². The second-order valence-electron chi connectivity index (χ2n) is 7.87. The summed E-state index contributed by atoms with van der Waals surface area (Å²) in [6.07, 6.45) is -0.993. The normalized spacial score (nSPS) is 15.6. The Balaban J connectivity index is 1.22. The third kappa shape index (κ3) is 3.93. The number of para-hydroxylation sites is 1. The van der Waals surface area contributed by atoms with Gasteiger partial charge in [0, 0.05) is 68.6 Å².